The quantitative estimate of drug-likeness (QED) is 0.725. The molecule has 23 heavy (non-hydrogen) atoms. The van der Waals surface area contributed by atoms with E-state index in [1.165, 1.54) is 0 Å². The van der Waals surface area contributed by atoms with E-state index in [4.69, 9.17) is 5.73 Å². The number of nitrogens with one attached hydrogen (secondary N) is 2. The highest BCUT2D eigenvalue weighted by molar-refractivity contribution is 5.86. The zero-order valence-electron chi connectivity index (χ0n) is 12.4. The van der Waals surface area contributed by atoms with E-state index in [0.29, 0.717) is 0 Å². The molecule has 0 bridgehead atoms. The lowest BCUT2D eigenvalue weighted by Crippen LogP contribution is -2.43. The molecule has 1 aromatic carbocycles. The Balaban J connectivity index is 0.00000484. The maximum Gasteiger partial charge on any atom is 0.405 e. The van der Waals surface area contributed by atoms with Crippen LogP contribution in [0, 0.1) is 5.92 Å². The fourth-order valence-corrected chi connectivity index (χ4v) is 1.72. The fourth-order valence-electron chi connectivity index (χ4n) is 1.72. The molecule has 0 aromatic heterocycles. The van der Waals surface area contributed by atoms with E-state index in [2.05, 4.69) is 5.32 Å². The molecule has 0 heterocycles. The first kappa shape index (κ1) is 21.2. The molecule has 0 aliphatic heterocycles. The highest BCUT2D eigenvalue weighted by Gasteiger charge is 2.28. The molecule has 2 amide bonds. The van der Waals surface area contributed by atoms with Gasteiger partial charge in [0.05, 0.1) is 12.5 Å². The van der Waals surface area contributed by atoms with Crippen molar-refractivity contribution in [3.63, 3.8) is 0 Å². The molecule has 2 unspecified atom stereocenters. The molecule has 0 aliphatic carbocycles. The van der Waals surface area contributed by atoms with Gasteiger partial charge in [0.15, 0.2) is 0 Å². The lowest BCUT2D eigenvalue weighted by molar-refractivity contribution is -0.138. The van der Waals surface area contributed by atoms with Crippen molar-refractivity contribution in [3.8, 4) is 0 Å². The summed E-state index contributed by atoms with van der Waals surface area (Å²) < 4.78 is 35.8. The maximum atomic E-state index is 11.9. The Hall–Kier alpha value is -1.80. The molecule has 130 valence electrons. The highest BCUT2D eigenvalue weighted by atomic mass is 35.5. The van der Waals surface area contributed by atoms with E-state index < -0.39 is 43.0 Å². The van der Waals surface area contributed by atoms with E-state index in [1.54, 1.807) is 36.5 Å². The van der Waals surface area contributed by atoms with Crippen molar-refractivity contribution in [2.75, 3.05) is 13.1 Å². The van der Waals surface area contributed by atoms with Crippen LogP contribution in [0.3, 0.4) is 0 Å². The summed E-state index contributed by atoms with van der Waals surface area (Å²) in [6, 6.07) is 8.34. The van der Waals surface area contributed by atoms with Crippen molar-refractivity contribution in [2.45, 2.75) is 19.1 Å². The predicted octanol–water partition coefficient (Wildman–Crippen LogP) is 1.54. The van der Waals surface area contributed by atoms with Gasteiger partial charge in [0.25, 0.3) is 0 Å². The summed E-state index contributed by atoms with van der Waals surface area (Å²) in [6.45, 7) is -0.373. The second kappa shape index (κ2) is 9.36. The van der Waals surface area contributed by atoms with Gasteiger partial charge in [-0.3, -0.25) is 9.59 Å². The van der Waals surface area contributed by atoms with Crippen molar-refractivity contribution in [1.29, 1.82) is 0 Å². The van der Waals surface area contributed by atoms with Crippen LogP contribution in [-0.4, -0.2) is 31.1 Å². The van der Waals surface area contributed by atoms with Crippen LogP contribution >= 0.6 is 12.4 Å². The number of benzene rings is 1. The van der Waals surface area contributed by atoms with E-state index in [-0.39, 0.29) is 12.4 Å². The summed E-state index contributed by atoms with van der Waals surface area (Å²) in [7, 11) is 0. The first-order valence-corrected chi connectivity index (χ1v) is 6.62. The summed E-state index contributed by atoms with van der Waals surface area (Å²) >= 11 is 0. The summed E-state index contributed by atoms with van der Waals surface area (Å²) in [5.41, 5.74) is 6.71. The lowest BCUT2D eigenvalue weighted by Gasteiger charge is -2.19. The summed E-state index contributed by atoms with van der Waals surface area (Å²) in [6.07, 6.45) is -4.48. The Bertz CT molecular complexity index is 512. The molecule has 5 nitrogen and oxygen atoms in total. The van der Waals surface area contributed by atoms with Gasteiger partial charge in [0.2, 0.25) is 11.8 Å². The van der Waals surface area contributed by atoms with Gasteiger partial charge in [0, 0.05) is 6.04 Å². The second-order valence-electron chi connectivity index (χ2n) is 4.83. The molecule has 1 rings (SSSR count). The van der Waals surface area contributed by atoms with Crippen LogP contribution < -0.4 is 16.4 Å². The molecule has 4 N–H and O–H groups in total. The first-order valence-electron chi connectivity index (χ1n) is 6.62. The largest absolute Gasteiger partial charge is 0.405 e. The number of halogens is 4. The van der Waals surface area contributed by atoms with E-state index >= 15 is 0 Å². The molecule has 0 saturated carbocycles. The van der Waals surface area contributed by atoms with Crippen LogP contribution in [0.1, 0.15) is 18.5 Å². The van der Waals surface area contributed by atoms with Gasteiger partial charge in [-0.05, 0) is 5.56 Å². The number of hydrogen-bond donors (Lipinski definition) is 3. The van der Waals surface area contributed by atoms with Crippen LogP contribution in [0.25, 0.3) is 0 Å². The third kappa shape index (κ3) is 7.85. The molecule has 0 spiro atoms. The highest BCUT2D eigenvalue weighted by Crippen LogP contribution is 2.18. The minimum absolute atomic E-state index is 0. The number of rotatable bonds is 6. The van der Waals surface area contributed by atoms with Crippen LogP contribution in [0.5, 0.6) is 0 Å². The van der Waals surface area contributed by atoms with Crippen molar-refractivity contribution in [2.24, 2.45) is 11.7 Å². The zero-order chi connectivity index (χ0) is 16.8. The maximum absolute atomic E-state index is 11.9. The van der Waals surface area contributed by atoms with Crippen LogP contribution in [0.15, 0.2) is 30.3 Å². The average molecular weight is 354 g/mol. The van der Waals surface area contributed by atoms with Gasteiger partial charge in [-0.25, -0.2) is 0 Å². The minimum Gasteiger partial charge on any atom is -0.347 e. The zero-order valence-corrected chi connectivity index (χ0v) is 13.2. The summed E-state index contributed by atoms with van der Waals surface area (Å²) in [5.74, 6) is -2.04. The average Bonchev–Trinajstić information content (AvgIpc) is 2.49. The monoisotopic (exact) mass is 353 g/mol. The number of alkyl halides is 3. The predicted molar refractivity (Wildman–Crippen MR) is 81.9 cm³/mol. The molecular weight excluding hydrogens is 335 g/mol. The van der Waals surface area contributed by atoms with Crippen LogP contribution in [0.4, 0.5) is 13.2 Å². The Kier molecular flexibility index (Phi) is 8.63. The van der Waals surface area contributed by atoms with Gasteiger partial charge in [-0.2, -0.15) is 13.2 Å². The lowest BCUT2D eigenvalue weighted by atomic mass is 9.95. The SMILES string of the molecule is CC(C(=O)NCC(=O)NCC(F)(F)F)C(N)c1ccccc1.Cl. The molecule has 1 aromatic rings. The summed E-state index contributed by atoms with van der Waals surface area (Å²) in [5, 5.41) is 3.94. The molecule has 2 atom stereocenters. The van der Waals surface area contributed by atoms with E-state index in [0.717, 1.165) is 5.56 Å². The van der Waals surface area contributed by atoms with Crippen LogP contribution in [0.2, 0.25) is 0 Å². The topological polar surface area (TPSA) is 84.2 Å². The number of carbonyl (C=O) groups excluding carboxylic acids is 2. The summed E-state index contributed by atoms with van der Waals surface area (Å²) in [4.78, 5) is 23.1. The van der Waals surface area contributed by atoms with E-state index in [9.17, 15) is 22.8 Å². The van der Waals surface area contributed by atoms with Gasteiger partial charge in [-0.1, -0.05) is 37.3 Å². The number of nitrogens with two attached hydrogens (primary N) is 1. The van der Waals surface area contributed by atoms with Gasteiger partial charge >= 0.3 is 6.18 Å². The number of hydrogen-bond acceptors (Lipinski definition) is 3. The Labute approximate surface area is 138 Å². The van der Waals surface area contributed by atoms with E-state index in [1.807, 2.05) is 6.07 Å². The first-order chi connectivity index (χ1) is 10.2. The van der Waals surface area contributed by atoms with Gasteiger partial charge in [-0.15, -0.1) is 12.4 Å². The van der Waals surface area contributed by atoms with Gasteiger partial charge < -0.3 is 16.4 Å². The Morgan fingerprint density at radius 1 is 1.17 bits per heavy atom. The molecule has 0 aliphatic rings. The minimum atomic E-state index is -4.48. The van der Waals surface area contributed by atoms with Crippen molar-refractivity contribution in [1.82, 2.24) is 10.6 Å². The smallest absolute Gasteiger partial charge is 0.347 e. The fraction of sp³-hybridized carbons (Fsp3) is 0.429. The van der Waals surface area contributed by atoms with Crippen molar-refractivity contribution in [3.05, 3.63) is 35.9 Å². The van der Waals surface area contributed by atoms with Gasteiger partial charge in [0.1, 0.15) is 6.54 Å². The molecule has 9 heteroatoms. The number of amides is 2. The van der Waals surface area contributed by atoms with Crippen molar-refractivity contribution < 1.29 is 22.8 Å². The molecule has 0 saturated heterocycles. The molecule has 0 radical (unpaired) electrons. The Morgan fingerprint density at radius 3 is 2.26 bits per heavy atom. The Morgan fingerprint density at radius 2 is 1.74 bits per heavy atom. The molecule has 0 fully saturated rings. The van der Waals surface area contributed by atoms with Crippen LogP contribution in [-0.2, 0) is 9.59 Å². The standard InChI is InChI=1S/C14H18F3N3O2.ClH/c1-9(12(18)10-5-3-2-4-6-10)13(22)19-7-11(21)20-8-14(15,16)17;/h2-6,9,12H,7-8,18H2,1H3,(H,19,22)(H,20,21);1H. The normalized spacial score (nSPS) is 13.4. The third-order valence-electron chi connectivity index (χ3n) is 3.05. The second-order valence-corrected chi connectivity index (χ2v) is 4.83. The molecular formula is C14H19ClF3N3O2. The number of carbonyl (C=O) groups is 2. The van der Waals surface area contributed by atoms with Crippen molar-refractivity contribution >= 4 is 24.2 Å². The third-order valence-corrected chi connectivity index (χ3v) is 3.05.